The van der Waals surface area contributed by atoms with Crippen LogP contribution in [-0.4, -0.2) is 37.0 Å². The largest absolute Gasteiger partial charge is 0.330 e. The molecule has 1 fully saturated rings. The molecule has 0 bridgehead atoms. The maximum atomic E-state index is 11.9. The Balaban J connectivity index is 1.74. The second kappa shape index (κ2) is 6.70. The molecule has 0 aromatic heterocycles. The van der Waals surface area contributed by atoms with E-state index in [1.807, 2.05) is 24.3 Å². The van der Waals surface area contributed by atoms with Crippen molar-refractivity contribution in [2.75, 3.05) is 31.5 Å². The number of nitrogens with two attached hydrogens (primary N) is 1. The number of benzene rings is 1. The van der Waals surface area contributed by atoms with Gasteiger partial charge < -0.3 is 16.0 Å². The van der Waals surface area contributed by atoms with E-state index in [0.717, 1.165) is 36.2 Å². The third-order valence-electron chi connectivity index (χ3n) is 3.91. The van der Waals surface area contributed by atoms with Gasteiger partial charge in [-0.15, -0.1) is 0 Å². The first-order valence-corrected chi connectivity index (χ1v) is 7.78. The van der Waals surface area contributed by atoms with Gasteiger partial charge in [0.05, 0.1) is 0 Å². The predicted molar refractivity (Wildman–Crippen MR) is 85.6 cm³/mol. The number of hydrogen-bond acceptors (Lipinski definition) is 3. The molecule has 4 nitrogen and oxygen atoms in total. The first-order chi connectivity index (χ1) is 9.50. The molecule has 5 heteroatoms. The summed E-state index contributed by atoms with van der Waals surface area (Å²) in [6.07, 6.45) is 1.65. The lowest BCUT2D eigenvalue weighted by Crippen LogP contribution is -2.32. The van der Waals surface area contributed by atoms with E-state index in [1.54, 1.807) is 0 Å². The van der Waals surface area contributed by atoms with Crippen LogP contribution in [0.2, 0.25) is 0 Å². The van der Waals surface area contributed by atoms with Gasteiger partial charge in [-0.2, -0.15) is 0 Å². The Morgan fingerprint density at radius 1 is 1.45 bits per heavy atom. The zero-order valence-electron chi connectivity index (χ0n) is 11.9. The standard InChI is InChI=1S/C15H22BrN3O/c1-15(10-17)7-9-19(11-15)8-6-14(20)18-13-4-2-12(16)3-5-13/h2-5H,6-11,17H2,1H3,(H,18,20). The number of likely N-dealkylation sites (tertiary alicyclic amines) is 1. The summed E-state index contributed by atoms with van der Waals surface area (Å²) in [5, 5.41) is 2.92. The molecule has 1 aliphatic heterocycles. The van der Waals surface area contributed by atoms with Crippen LogP contribution in [0.25, 0.3) is 0 Å². The molecule has 20 heavy (non-hydrogen) atoms. The molecule has 0 saturated carbocycles. The first kappa shape index (κ1) is 15.5. The highest BCUT2D eigenvalue weighted by atomic mass is 79.9. The normalized spacial score (nSPS) is 22.9. The monoisotopic (exact) mass is 339 g/mol. The summed E-state index contributed by atoms with van der Waals surface area (Å²) in [6, 6.07) is 7.62. The molecule has 3 N–H and O–H groups in total. The van der Waals surface area contributed by atoms with Gasteiger partial charge in [-0.05, 0) is 49.2 Å². The van der Waals surface area contributed by atoms with E-state index in [0.29, 0.717) is 13.0 Å². The summed E-state index contributed by atoms with van der Waals surface area (Å²) >= 11 is 3.37. The van der Waals surface area contributed by atoms with Crippen LogP contribution in [0.3, 0.4) is 0 Å². The Morgan fingerprint density at radius 2 is 2.15 bits per heavy atom. The van der Waals surface area contributed by atoms with E-state index < -0.39 is 0 Å². The second-order valence-corrected chi connectivity index (χ2v) is 6.76. The Bertz CT molecular complexity index is 463. The maximum absolute atomic E-state index is 11.9. The number of anilines is 1. The Hall–Kier alpha value is -0.910. The minimum absolute atomic E-state index is 0.0636. The molecule has 0 aliphatic carbocycles. The van der Waals surface area contributed by atoms with Crippen molar-refractivity contribution in [3.8, 4) is 0 Å². The van der Waals surface area contributed by atoms with Gasteiger partial charge in [0.15, 0.2) is 0 Å². The van der Waals surface area contributed by atoms with Gasteiger partial charge in [0.25, 0.3) is 0 Å². The van der Waals surface area contributed by atoms with E-state index >= 15 is 0 Å². The van der Waals surface area contributed by atoms with Crippen LogP contribution >= 0.6 is 15.9 Å². The number of nitrogens with zero attached hydrogens (tertiary/aromatic N) is 1. The summed E-state index contributed by atoms with van der Waals surface area (Å²) in [5.74, 6) is 0.0636. The average Bonchev–Trinajstić information content (AvgIpc) is 2.82. The fraction of sp³-hybridized carbons (Fsp3) is 0.533. The molecule has 1 aromatic carbocycles. The summed E-state index contributed by atoms with van der Waals surface area (Å²) in [6.45, 7) is 5.77. The van der Waals surface area contributed by atoms with Crippen LogP contribution in [0, 0.1) is 5.41 Å². The maximum Gasteiger partial charge on any atom is 0.225 e. The molecule has 1 aromatic rings. The molecule has 0 radical (unpaired) electrons. The number of carbonyl (C=O) groups is 1. The Morgan fingerprint density at radius 3 is 2.75 bits per heavy atom. The highest BCUT2D eigenvalue weighted by Gasteiger charge is 2.32. The molecule has 1 heterocycles. The molecule has 110 valence electrons. The van der Waals surface area contributed by atoms with Crippen LogP contribution in [0.4, 0.5) is 5.69 Å². The third kappa shape index (κ3) is 4.30. The van der Waals surface area contributed by atoms with Crippen molar-refractivity contribution >= 4 is 27.5 Å². The summed E-state index contributed by atoms with van der Waals surface area (Å²) < 4.78 is 1.01. The molecule has 0 spiro atoms. The zero-order chi connectivity index (χ0) is 14.6. The highest BCUT2D eigenvalue weighted by Crippen LogP contribution is 2.28. The number of nitrogens with one attached hydrogen (secondary N) is 1. The fourth-order valence-electron chi connectivity index (χ4n) is 2.50. The number of hydrogen-bond donors (Lipinski definition) is 2. The van der Waals surface area contributed by atoms with Gasteiger partial charge in [-0.25, -0.2) is 0 Å². The number of rotatable bonds is 5. The van der Waals surface area contributed by atoms with Crippen molar-refractivity contribution in [1.29, 1.82) is 0 Å². The van der Waals surface area contributed by atoms with Gasteiger partial charge in [0.2, 0.25) is 5.91 Å². The van der Waals surface area contributed by atoms with Crippen molar-refractivity contribution in [3.05, 3.63) is 28.7 Å². The number of carbonyl (C=O) groups excluding carboxylic acids is 1. The molecular formula is C15H22BrN3O. The van der Waals surface area contributed by atoms with Crippen LogP contribution in [-0.2, 0) is 4.79 Å². The van der Waals surface area contributed by atoms with E-state index in [4.69, 9.17) is 5.73 Å². The Kier molecular flexibility index (Phi) is 5.18. The zero-order valence-corrected chi connectivity index (χ0v) is 13.4. The van der Waals surface area contributed by atoms with Crippen LogP contribution in [0.15, 0.2) is 28.7 Å². The van der Waals surface area contributed by atoms with Gasteiger partial charge in [-0.1, -0.05) is 22.9 Å². The topological polar surface area (TPSA) is 58.4 Å². The van der Waals surface area contributed by atoms with E-state index in [1.165, 1.54) is 0 Å². The van der Waals surface area contributed by atoms with Crippen LogP contribution in [0.1, 0.15) is 19.8 Å². The van der Waals surface area contributed by atoms with Gasteiger partial charge >= 0.3 is 0 Å². The molecular weight excluding hydrogens is 318 g/mol. The van der Waals surface area contributed by atoms with E-state index in [-0.39, 0.29) is 11.3 Å². The lowest BCUT2D eigenvalue weighted by molar-refractivity contribution is -0.116. The van der Waals surface area contributed by atoms with Gasteiger partial charge in [0, 0.05) is 29.7 Å². The fourth-order valence-corrected chi connectivity index (χ4v) is 2.76. The van der Waals surface area contributed by atoms with Gasteiger partial charge in [-0.3, -0.25) is 4.79 Å². The van der Waals surface area contributed by atoms with Crippen molar-refractivity contribution < 1.29 is 4.79 Å². The van der Waals surface area contributed by atoms with Gasteiger partial charge in [0.1, 0.15) is 0 Å². The lowest BCUT2D eigenvalue weighted by Gasteiger charge is -2.22. The summed E-state index contributed by atoms with van der Waals surface area (Å²) in [5.41, 5.74) is 6.85. The SMILES string of the molecule is CC1(CN)CCN(CCC(=O)Nc2ccc(Br)cc2)C1. The quantitative estimate of drug-likeness (QED) is 0.866. The van der Waals surface area contributed by atoms with Crippen molar-refractivity contribution in [2.24, 2.45) is 11.1 Å². The van der Waals surface area contributed by atoms with E-state index in [9.17, 15) is 4.79 Å². The highest BCUT2D eigenvalue weighted by molar-refractivity contribution is 9.10. The third-order valence-corrected chi connectivity index (χ3v) is 4.44. The van der Waals surface area contributed by atoms with Crippen molar-refractivity contribution in [2.45, 2.75) is 19.8 Å². The molecule has 1 amide bonds. The molecule has 1 atom stereocenters. The first-order valence-electron chi connectivity index (χ1n) is 6.99. The second-order valence-electron chi connectivity index (χ2n) is 5.85. The van der Waals surface area contributed by atoms with Crippen molar-refractivity contribution in [1.82, 2.24) is 4.90 Å². The number of amides is 1. The van der Waals surface area contributed by atoms with Crippen LogP contribution < -0.4 is 11.1 Å². The predicted octanol–water partition coefficient (Wildman–Crippen LogP) is 2.45. The molecule has 1 saturated heterocycles. The lowest BCUT2D eigenvalue weighted by atomic mass is 9.90. The van der Waals surface area contributed by atoms with E-state index in [2.05, 4.69) is 33.1 Å². The minimum atomic E-state index is 0.0636. The Labute approximate surface area is 128 Å². The molecule has 2 rings (SSSR count). The minimum Gasteiger partial charge on any atom is -0.330 e. The molecule has 1 unspecified atom stereocenters. The smallest absolute Gasteiger partial charge is 0.225 e. The van der Waals surface area contributed by atoms with Crippen LogP contribution in [0.5, 0.6) is 0 Å². The summed E-state index contributed by atoms with van der Waals surface area (Å²) in [7, 11) is 0. The number of halogens is 1. The van der Waals surface area contributed by atoms with Crippen molar-refractivity contribution in [3.63, 3.8) is 0 Å². The average molecular weight is 340 g/mol. The summed E-state index contributed by atoms with van der Waals surface area (Å²) in [4.78, 5) is 14.2. The molecule has 1 aliphatic rings.